The standard InChI is InChI=1S/C21H18N2O8/c1-29-20(27)16(22-21(28)30-12-13-7-3-2-4-8-13)11-17(24)31-23-18(25)14-9-5-6-10-15(14)19(23)26/h2-10,16H,11-12H2,1H3,(H,22,28)/t16-/m0/s1. The third kappa shape index (κ3) is 5.04. The highest BCUT2D eigenvalue weighted by molar-refractivity contribution is 6.20. The highest BCUT2D eigenvalue weighted by Crippen LogP contribution is 2.23. The molecule has 0 aliphatic carbocycles. The van der Waals surface area contributed by atoms with Gasteiger partial charge in [-0.3, -0.25) is 9.59 Å². The summed E-state index contributed by atoms with van der Waals surface area (Å²) in [5.74, 6) is -3.65. The number of nitrogens with one attached hydrogen (secondary N) is 1. The molecule has 0 saturated carbocycles. The topological polar surface area (TPSA) is 128 Å². The van der Waals surface area contributed by atoms with Crippen LogP contribution >= 0.6 is 0 Å². The van der Waals surface area contributed by atoms with Gasteiger partial charge in [-0.2, -0.15) is 0 Å². The average molecular weight is 426 g/mol. The SMILES string of the molecule is COC(=O)[C@H](CC(=O)ON1C(=O)c2ccccc2C1=O)NC(=O)OCc1ccccc1. The van der Waals surface area contributed by atoms with Gasteiger partial charge in [-0.05, 0) is 17.7 Å². The Labute approximate surface area is 176 Å². The van der Waals surface area contributed by atoms with E-state index in [2.05, 4.69) is 10.1 Å². The molecule has 0 bridgehead atoms. The Hall–Kier alpha value is -4.21. The molecule has 0 aromatic heterocycles. The molecule has 10 nitrogen and oxygen atoms in total. The van der Waals surface area contributed by atoms with Gasteiger partial charge in [0.2, 0.25) is 0 Å². The Morgan fingerprint density at radius 2 is 1.52 bits per heavy atom. The molecule has 2 aromatic rings. The van der Waals surface area contributed by atoms with Gasteiger partial charge < -0.3 is 19.6 Å². The fourth-order valence-corrected chi connectivity index (χ4v) is 2.80. The number of hydroxylamine groups is 2. The third-order valence-electron chi connectivity index (χ3n) is 4.31. The van der Waals surface area contributed by atoms with E-state index in [1.54, 1.807) is 42.5 Å². The van der Waals surface area contributed by atoms with Crippen LogP contribution in [0.3, 0.4) is 0 Å². The fourth-order valence-electron chi connectivity index (χ4n) is 2.80. The number of hydrogen-bond donors (Lipinski definition) is 1. The van der Waals surface area contributed by atoms with E-state index in [1.165, 1.54) is 12.1 Å². The second-order valence-corrected chi connectivity index (χ2v) is 6.40. The first-order valence-electron chi connectivity index (χ1n) is 9.14. The van der Waals surface area contributed by atoms with E-state index in [1.807, 2.05) is 0 Å². The normalized spacial score (nSPS) is 13.3. The molecule has 1 aliphatic rings. The summed E-state index contributed by atoms with van der Waals surface area (Å²) in [4.78, 5) is 65.6. The predicted octanol–water partition coefficient (Wildman–Crippen LogP) is 1.60. The van der Waals surface area contributed by atoms with E-state index in [-0.39, 0.29) is 17.7 Å². The maximum absolute atomic E-state index is 12.3. The minimum atomic E-state index is -1.45. The highest BCUT2D eigenvalue weighted by Gasteiger charge is 2.39. The minimum absolute atomic E-state index is 0.0555. The summed E-state index contributed by atoms with van der Waals surface area (Å²) in [6.07, 6.45) is -1.66. The van der Waals surface area contributed by atoms with Gasteiger partial charge in [-0.25, -0.2) is 14.4 Å². The lowest BCUT2D eigenvalue weighted by atomic mass is 10.1. The Balaban J connectivity index is 1.58. The van der Waals surface area contributed by atoms with E-state index in [9.17, 15) is 24.0 Å². The number of amides is 3. The summed E-state index contributed by atoms with van der Waals surface area (Å²) in [5, 5.41) is 2.52. The van der Waals surface area contributed by atoms with Gasteiger partial charge in [0.1, 0.15) is 12.6 Å². The van der Waals surface area contributed by atoms with Crippen LogP contribution in [-0.2, 0) is 30.5 Å². The van der Waals surface area contributed by atoms with Crippen molar-refractivity contribution in [1.82, 2.24) is 10.4 Å². The summed E-state index contributed by atoms with van der Waals surface area (Å²) in [7, 11) is 1.07. The number of ether oxygens (including phenoxy) is 2. The minimum Gasteiger partial charge on any atom is -0.467 e. The number of esters is 1. The van der Waals surface area contributed by atoms with Crippen LogP contribution in [-0.4, -0.2) is 48.1 Å². The number of imide groups is 1. The molecule has 1 atom stereocenters. The molecule has 160 valence electrons. The maximum Gasteiger partial charge on any atom is 0.408 e. The number of alkyl carbamates (subject to hydrolysis) is 1. The largest absolute Gasteiger partial charge is 0.467 e. The summed E-state index contributed by atoms with van der Waals surface area (Å²) >= 11 is 0. The molecule has 2 aromatic carbocycles. The van der Waals surface area contributed by atoms with Crippen LogP contribution in [0.5, 0.6) is 0 Å². The second kappa shape index (κ2) is 9.53. The van der Waals surface area contributed by atoms with E-state index >= 15 is 0 Å². The zero-order valence-electron chi connectivity index (χ0n) is 16.4. The van der Waals surface area contributed by atoms with Gasteiger partial charge in [-0.1, -0.05) is 47.5 Å². The third-order valence-corrected chi connectivity index (χ3v) is 4.31. The Morgan fingerprint density at radius 3 is 2.10 bits per heavy atom. The number of fused-ring (bicyclic) bond motifs is 1. The van der Waals surface area contributed by atoms with Crippen LogP contribution in [0.25, 0.3) is 0 Å². The molecular weight excluding hydrogens is 408 g/mol. The van der Waals surface area contributed by atoms with Crippen LogP contribution in [0.2, 0.25) is 0 Å². The number of carbonyl (C=O) groups excluding carboxylic acids is 5. The lowest BCUT2D eigenvalue weighted by Gasteiger charge is -2.17. The molecule has 1 N–H and O–H groups in total. The van der Waals surface area contributed by atoms with Gasteiger partial charge in [0.05, 0.1) is 24.7 Å². The van der Waals surface area contributed by atoms with Crippen molar-refractivity contribution in [3.8, 4) is 0 Å². The number of methoxy groups -OCH3 is 1. The summed E-state index contributed by atoms with van der Waals surface area (Å²) < 4.78 is 9.59. The molecule has 10 heteroatoms. The van der Waals surface area contributed by atoms with E-state index in [4.69, 9.17) is 9.57 Å². The predicted molar refractivity (Wildman–Crippen MR) is 103 cm³/mol. The number of rotatable bonds is 7. The molecule has 3 rings (SSSR count). The van der Waals surface area contributed by atoms with Gasteiger partial charge in [-0.15, -0.1) is 0 Å². The van der Waals surface area contributed by atoms with E-state index < -0.39 is 42.3 Å². The average Bonchev–Trinajstić information content (AvgIpc) is 3.02. The van der Waals surface area contributed by atoms with Crippen molar-refractivity contribution in [3.63, 3.8) is 0 Å². The molecule has 0 unspecified atom stereocenters. The van der Waals surface area contributed by atoms with Crippen LogP contribution in [0.1, 0.15) is 32.7 Å². The van der Waals surface area contributed by atoms with Crippen LogP contribution in [0, 0.1) is 0 Å². The number of benzene rings is 2. The smallest absolute Gasteiger partial charge is 0.408 e. The highest BCUT2D eigenvalue weighted by atomic mass is 16.7. The van der Waals surface area contributed by atoms with Crippen molar-refractivity contribution in [3.05, 3.63) is 71.3 Å². The van der Waals surface area contributed by atoms with Crippen molar-refractivity contribution in [2.45, 2.75) is 19.1 Å². The van der Waals surface area contributed by atoms with Crippen LogP contribution < -0.4 is 5.32 Å². The molecule has 1 aliphatic heterocycles. The fraction of sp³-hybridized carbons (Fsp3) is 0.190. The molecule has 0 radical (unpaired) electrons. The maximum atomic E-state index is 12.3. The lowest BCUT2D eigenvalue weighted by Crippen LogP contribution is -2.44. The van der Waals surface area contributed by atoms with Crippen molar-refractivity contribution in [2.24, 2.45) is 0 Å². The van der Waals surface area contributed by atoms with Crippen molar-refractivity contribution < 1.29 is 38.3 Å². The van der Waals surface area contributed by atoms with E-state index in [0.29, 0.717) is 5.06 Å². The van der Waals surface area contributed by atoms with Gasteiger partial charge in [0, 0.05) is 0 Å². The monoisotopic (exact) mass is 426 g/mol. The Bertz CT molecular complexity index is 986. The molecule has 1 heterocycles. The molecule has 0 fully saturated rings. The van der Waals surface area contributed by atoms with Crippen LogP contribution in [0.15, 0.2) is 54.6 Å². The molecule has 0 saturated heterocycles. The molecular formula is C21H18N2O8. The van der Waals surface area contributed by atoms with Crippen LogP contribution in [0.4, 0.5) is 4.79 Å². The molecule has 31 heavy (non-hydrogen) atoms. The summed E-state index contributed by atoms with van der Waals surface area (Å²) in [6, 6.07) is 13.3. The Kier molecular flexibility index (Phi) is 6.61. The van der Waals surface area contributed by atoms with E-state index in [0.717, 1.165) is 12.7 Å². The first-order chi connectivity index (χ1) is 14.9. The summed E-state index contributed by atoms with van der Waals surface area (Å²) in [6.45, 7) is -0.0555. The van der Waals surface area contributed by atoms with Crippen molar-refractivity contribution >= 4 is 29.8 Å². The molecule has 0 spiro atoms. The zero-order chi connectivity index (χ0) is 22.4. The van der Waals surface area contributed by atoms with Gasteiger partial charge >= 0.3 is 18.0 Å². The molecule has 3 amide bonds. The number of nitrogens with zero attached hydrogens (tertiary/aromatic N) is 1. The number of hydrogen-bond acceptors (Lipinski definition) is 8. The zero-order valence-corrected chi connectivity index (χ0v) is 16.4. The van der Waals surface area contributed by atoms with Crippen molar-refractivity contribution in [1.29, 1.82) is 0 Å². The first-order valence-corrected chi connectivity index (χ1v) is 9.14. The van der Waals surface area contributed by atoms with Crippen molar-refractivity contribution in [2.75, 3.05) is 7.11 Å². The second-order valence-electron chi connectivity index (χ2n) is 6.40. The first kappa shape index (κ1) is 21.5. The number of carbonyl (C=O) groups is 5. The van der Waals surface area contributed by atoms with Gasteiger partial charge in [0.15, 0.2) is 0 Å². The lowest BCUT2D eigenvalue weighted by molar-refractivity contribution is -0.170. The Morgan fingerprint density at radius 1 is 0.935 bits per heavy atom. The summed E-state index contributed by atoms with van der Waals surface area (Å²) in [5.41, 5.74) is 0.900. The quantitative estimate of drug-likeness (QED) is 0.522. The van der Waals surface area contributed by atoms with Gasteiger partial charge in [0.25, 0.3) is 11.8 Å².